The summed E-state index contributed by atoms with van der Waals surface area (Å²) in [7, 11) is 0. The van der Waals surface area contributed by atoms with Crippen LogP contribution in [0.1, 0.15) is 44.3 Å². The van der Waals surface area contributed by atoms with Gasteiger partial charge in [0, 0.05) is 50.2 Å². The Balaban J connectivity index is 1.42. The van der Waals surface area contributed by atoms with Crippen molar-refractivity contribution in [1.29, 1.82) is 5.26 Å². The smallest absolute Gasteiger partial charge is 0.417 e. The van der Waals surface area contributed by atoms with E-state index >= 15 is 0 Å². The summed E-state index contributed by atoms with van der Waals surface area (Å²) in [6.07, 6.45) is -3.59. The van der Waals surface area contributed by atoms with Gasteiger partial charge in [-0.1, -0.05) is 11.6 Å². The molecule has 0 aliphatic rings. The molecule has 0 saturated heterocycles. The zero-order valence-electron chi connectivity index (χ0n) is 26.4. The minimum absolute atomic E-state index is 0.0562. The fourth-order valence-corrected chi connectivity index (χ4v) is 6.93. The fraction of sp³-hybridized carbons (Fsp3) is 0.200. The molecule has 0 amide bonds. The number of rotatable bonds is 7. The lowest BCUT2D eigenvalue weighted by Crippen LogP contribution is -2.27. The van der Waals surface area contributed by atoms with Crippen LogP contribution in [0.25, 0.3) is 43.4 Å². The standard InChI is InChI=1S/C35H25ClF3N5O4S/c1-16-9-20(14-41-18(16)3)29-24(13-40)30-27(12-26(29)35(37,38)39)43-19(4)44(33(30)45)7-8-48-28-6-5-21(36)11-22(28)23-10-17(2)42-31-25(34(46)47)15-49-32(23)31/h5-6,9-12,14-15H,7-8H2,1-4H3,(H,46,47). The van der Waals surface area contributed by atoms with E-state index in [0.717, 1.165) is 6.07 Å². The van der Waals surface area contributed by atoms with E-state index in [1.165, 1.54) is 40.5 Å². The van der Waals surface area contributed by atoms with Crippen molar-refractivity contribution in [2.24, 2.45) is 0 Å². The number of aromatic carboxylic acids is 1. The van der Waals surface area contributed by atoms with Gasteiger partial charge in [0.2, 0.25) is 0 Å². The molecule has 0 saturated carbocycles. The van der Waals surface area contributed by atoms with E-state index in [1.54, 1.807) is 45.0 Å². The molecule has 14 heteroatoms. The largest absolute Gasteiger partial charge is 0.491 e. The highest BCUT2D eigenvalue weighted by molar-refractivity contribution is 7.18. The van der Waals surface area contributed by atoms with Gasteiger partial charge in [-0.3, -0.25) is 19.3 Å². The third kappa shape index (κ3) is 6.09. The maximum atomic E-state index is 14.4. The number of alkyl halides is 3. The summed E-state index contributed by atoms with van der Waals surface area (Å²) in [6.45, 7) is 6.51. The van der Waals surface area contributed by atoms with Crippen LogP contribution in [0.2, 0.25) is 5.02 Å². The molecule has 0 atom stereocenters. The number of hydrogen-bond donors (Lipinski definition) is 1. The number of carboxylic acids is 1. The zero-order chi connectivity index (χ0) is 35.4. The first-order chi connectivity index (χ1) is 23.2. The first-order valence-corrected chi connectivity index (χ1v) is 16.0. The number of carboxylic acid groups (broad SMARTS) is 1. The van der Waals surface area contributed by atoms with Crippen LogP contribution >= 0.6 is 22.9 Å². The summed E-state index contributed by atoms with van der Waals surface area (Å²) in [5.74, 6) is -0.589. The number of fused-ring (bicyclic) bond motifs is 2. The number of thiophene rings is 1. The van der Waals surface area contributed by atoms with Crippen molar-refractivity contribution in [3.63, 3.8) is 0 Å². The molecule has 2 aromatic carbocycles. The minimum Gasteiger partial charge on any atom is -0.491 e. The Morgan fingerprint density at radius 3 is 2.53 bits per heavy atom. The molecule has 4 aromatic heterocycles. The maximum Gasteiger partial charge on any atom is 0.417 e. The van der Waals surface area contributed by atoms with Gasteiger partial charge in [0.1, 0.15) is 24.3 Å². The zero-order valence-corrected chi connectivity index (χ0v) is 27.9. The Bertz CT molecular complexity index is 2450. The molecule has 9 nitrogen and oxygen atoms in total. The molecule has 0 aliphatic heterocycles. The average molecular weight is 704 g/mol. The van der Waals surface area contributed by atoms with Gasteiger partial charge in [0.25, 0.3) is 5.56 Å². The number of aromatic nitrogens is 4. The third-order valence-corrected chi connectivity index (χ3v) is 9.41. The molecule has 6 aromatic rings. The lowest BCUT2D eigenvalue weighted by Gasteiger charge is -2.19. The quantitative estimate of drug-likeness (QED) is 0.176. The van der Waals surface area contributed by atoms with Gasteiger partial charge < -0.3 is 9.84 Å². The number of hydrogen-bond acceptors (Lipinski definition) is 8. The Kier molecular flexibility index (Phi) is 8.64. The van der Waals surface area contributed by atoms with Gasteiger partial charge in [-0.25, -0.2) is 9.78 Å². The minimum atomic E-state index is -4.85. The van der Waals surface area contributed by atoms with Crippen LogP contribution < -0.4 is 10.3 Å². The van der Waals surface area contributed by atoms with Crippen molar-refractivity contribution in [3.05, 3.63) is 103 Å². The van der Waals surface area contributed by atoms with Crippen molar-refractivity contribution in [3.8, 4) is 34.1 Å². The molecule has 0 unspecified atom stereocenters. The normalized spacial score (nSPS) is 11.7. The summed E-state index contributed by atoms with van der Waals surface area (Å²) < 4.78 is 51.2. The second kappa shape index (κ2) is 12.6. The van der Waals surface area contributed by atoms with Gasteiger partial charge in [0.05, 0.1) is 44.4 Å². The monoisotopic (exact) mass is 703 g/mol. The Hall–Kier alpha value is -5.32. The molecular formula is C35H25ClF3N5O4S. The van der Waals surface area contributed by atoms with Gasteiger partial charge in [-0.2, -0.15) is 18.4 Å². The number of pyridine rings is 2. The van der Waals surface area contributed by atoms with E-state index < -0.39 is 34.4 Å². The summed E-state index contributed by atoms with van der Waals surface area (Å²) in [6, 6.07) is 10.9. The summed E-state index contributed by atoms with van der Waals surface area (Å²) in [5.41, 5.74) is 0.582. The second-order valence-corrected chi connectivity index (χ2v) is 12.7. The van der Waals surface area contributed by atoms with Crippen molar-refractivity contribution in [2.45, 2.75) is 40.4 Å². The lowest BCUT2D eigenvalue weighted by molar-refractivity contribution is -0.137. The molecule has 0 aliphatic carbocycles. The highest BCUT2D eigenvalue weighted by Gasteiger charge is 2.37. The Morgan fingerprint density at radius 1 is 1.10 bits per heavy atom. The molecule has 4 heterocycles. The molecule has 1 N–H and O–H groups in total. The van der Waals surface area contributed by atoms with E-state index in [0.29, 0.717) is 49.1 Å². The van der Waals surface area contributed by atoms with Crippen LogP contribution in [-0.2, 0) is 12.7 Å². The Morgan fingerprint density at radius 2 is 1.86 bits per heavy atom. The molecule has 0 bridgehead atoms. The van der Waals surface area contributed by atoms with E-state index in [-0.39, 0.29) is 41.0 Å². The summed E-state index contributed by atoms with van der Waals surface area (Å²) >= 11 is 7.59. The van der Waals surface area contributed by atoms with Gasteiger partial charge in [-0.15, -0.1) is 11.3 Å². The SMILES string of the molecule is Cc1cc(-c2cc(Cl)ccc2OCCn2c(C)nc3cc(C(F)(F)F)c(-c4cnc(C)c(C)c4)c(C#N)c3c2=O)c2scc(C(=O)O)c2n1. The third-order valence-electron chi connectivity index (χ3n) is 8.17. The maximum absolute atomic E-state index is 14.4. The van der Waals surface area contributed by atoms with Crippen molar-refractivity contribution in [2.75, 3.05) is 6.61 Å². The number of benzene rings is 2. The van der Waals surface area contributed by atoms with Crippen molar-refractivity contribution < 1.29 is 27.8 Å². The number of nitriles is 1. The van der Waals surface area contributed by atoms with E-state index in [9.17, 15) is 33.1 Å². The van der Waals surface area contributed by atoms with E-state index in [4.69, 9.17) is 16.3 Å². The molecule has 0 spiro atoms. The van der Waals surface area contributed by atoms with Crippen molar-refractivity contribution >= 4 is 50.0 Å². The van der Waals surface area contributed by atoms with Crippen LogP contribution in [0.3, 0.4) is 0 Å². The van der Waals surface area contributed by atoms with Crippen LogP contribution in [0.5, 0.6) is 5.75 Å². The van der Waals surface area contributed by atoms with Gasteiger partial charge >= 0.3 is 12.1 Å². The van der Waals surface area contributed by atoms with Crippen LogP contribution in [0, 0.1) is 39.0 Å². The lowest BCUT2D eigenvalue weighted by atomic mass is 9.91. The van der Waals surface area contributed by atoms with Gasteiger partial charge in [0.15, 0.2) is 0 Å². The molecule has 0 radical (unpaired) electrons. The molecule has 49 heavy (non-hydrogen) atoms. The number of carbonyl (C=O) groups is 1. The predicted molar refractivity (Wildman–Crippen MR) is 180 cm³/mol. The fourth-order valence-electron chi connectivity index (χ4n) is 5.74. The number of nitrogens with zero attached hydrogens (tertiary/aromatic N) is 5. The van der Waals surface area contributed by atoms with Crippen LogP contribution in [-0.4, -0.2) is 37.2 Å². The molecule has 6 rings (SSSR count). The second-order valence-electron chi connectivity index (χ2n) is 11.4. The first-order valence-electron chi connectivity index (χ1n) is 14.7. The van der Waals surface area contributed by atoms with Crippen molar-refractivity contribution in [1.82, 2.24) is 19.5 Å². The summed E-state index contributed by atoms with van der Waals surface area (Å²) in [5, 5.41) is 21.5. The number of aryl methyl sites for hydroxylation is 4. The Labute approximate surface area is 285 Å². The topological polar surface area (TPSA) is 131 Å². The molecular weight excluding hydrogens is 679 g/mol. The highest BCUT2D eigenvalue weighted by Crippen LogP contribution is 2.42. The first kappa shape index (κ1) is 33.6. The number of ether oxygens (including phenoxy) is 1. The number of halogens is 4. The van der Waals surface area contributed by atoms with Crippen LogP contribution in [0.15, 0.2) is 52.8 Å². The molecule has 248 valence electrons. The summed E-state index contributed by atoms with van der Waals surface area (Å²) in [4.78, 5) is 38.7. The predicted octanol–water partition coefficient (Wildman–Crippen LogP) is 8.29. The van der Waals surface area contributed by atoms with E-state index in [1.807, 2.05) is 6.07 Å². The van der Waals surface area contributed by atoms with E-state index in [2.05, 4.69) is 15.0 Å². The van der Waals surface area contributed by atoms with Gasteiger partial charge in [-0.05, 0) is 69.7 Å². The average Bonchev–Trinajstić information content (AvgIpc) is 3.47. The highest BCUT2D eigenvalue weighted by atomic mass is 35.5. The molecule has 0 fully saturated rings. The van der Waals surface area contributed by atoms with Crippen LogP contribution in [0.4, 0.5) is 13.2 Å².